The SMILES string of the molecule is CCNC(Cc1ccccc1F)C1CCCCC1CC. The Kier molecular flexibility index (Phi) is 6.03. The summed E-state index contributed by atoms with van der Waals surface area (Å²) >= 11 is 0. The molecule has 2 heteroatoms. The third kappa shape index (κ3) is 3.82. The average Bonchev–Trinajstić information content (AvgIpc) is 2.49. The molecule has 1 saturated carbocycles. The fraction of sp³-hybridized carbons (Fsp3) is 0.667. The van der Waals surface area contributed by atoms with Crippen LogP contribution in [0, 0.1) is 17.7 Å². The van der Waals surface area contributed by atoms with E-state index in [-0.39, 0.29) is 5.82 Å². The first-order valence-electron chi connectivity index (χ1n) is 8.23. The largest absolute Gasteiger partial charge is 0.314 e. The fourth-order valence-corrected chi connectivity index (χ4v) is 3.81. The molecule has 0 amide bonds. The highest BCUT2D eigenvalue weighted by molar-refractivity contribution is 5.18. The van der Waals surface area contributed by atoms with Crippen LogP contribution in [0.3, 0.4) is 0 Å². The highest BCUT2D eigenvalue weighted by atomic mass is 19.1. The van der Waals surface area contributed by atoms with E-state index in [2.05, 4.69) is 19.2 Å². The lowest BCUT2D eigenvalue weighted by Gasteiger charge is -2.37. The first kappa shape index (κ1) is 15.5. The second-order valence-electron chi connectivity index (χ2n) is 6.08. The van der Waals surface area contributed by atoms with E-state index in [0.717, 1.165) is 24.4 Å². The third-order valence-corrected chi connectivity index (χ3v) is 4.87. The van der Waals surface area contributed by atoms with Crippen LogP contribution in [0.4, 0.5) is 4.39 Å². The highest BCUT2D eigenvalue weighted by Gasteiger charge is 2.30. The normalized spacial score (nSPS) is 24.6. The molecule has 1 N–H and O–H groups in total. The maximum Gasteiger partial charge on any atom is 0.126 e. The van der Waals surface area contributed by atoms with Gasteiger partial charge in [-0.25, -0.2) is 4.39 Å². The van der Waals surface area contributed by atoms with Crippen LogP contribution >= 0.6 is 0 Å². The molecule has 3 unspecified atom stereocenters. The first-order valence-corrected chi connectivity index (χ1v) is 8.23. The molecule has 1 aliphatic carbocycles. The van der Waals surface area contributed by atoms with Crippen molar-refractivity contribution in [3.8, 4) is 0 Å². The second kappa shape index (κ2) is 7.78. The van der Waals surface area contributed by atoms with Gasteiger partial charge in [0.1, 0.15) is 5.82 Å². The molecule has 1 aliphatic rings. The summed E-state index contributed by atoms with van der Waals surface area (Å²) < 4.78 is 13.9. The summed E-state index contributed by atoms with van der Waals surface area (Å²) in [5.74, 6) is 1.45. The smallest absolute Gasteiger partial charge is 0.126 e. The molecule has 20 heavy (non-hydrogen) atoms. The minimum absolute atomic E-state index is 0.0562. The van der Waals surface area contributed by atoms with Crippen LogP contribution in [0.5, 0.6) is 0 Å². The van der Waals surface area contributed by atoms with E-state index < -0.39 is 0 Å². The number of benzene rings is 1. The van der Waals surface area contributed by atoms with Gasteiger partial charge in [-0.05, 0) is 42.9 Å². The van der Waals surface area contributed by atoms with Crippen LogP contribution in [0.1, 0.15) is 51.5 Å². The van der Waals surface area contributed by atoms with Gasteiger partial charge in [-0.1, -0.05) is 57.7 Å². The topological polar surface area (TPSA) is 12.0 Å². The van der Waals surface area contributed by atoms with Gasteiger partial charge in [0.15, 0.2) is 0 Å². The van der Waals surface area contributed by atoms with Crippen molar-refractivity contribution in [3.05, 3.63) is 35.6 Å². The zero-order chi connectivity index (χ0) is 14.4. The summed E-state index contributed by atoms with van der Waals surface area (Å²) in [6.07, 6.45) is 7.42. The van der Waals surface area contributed by atoms with Crippen molar-refractivity contribution >= 4 is 0 Å². The van der Waals surface area contributed by atoms with Crippen LogP contribution in [-0.2, 0) is 6.42 Å². The second-order valence-corrected chi connectivity index (χ2v) is 6.08. The monoisotopic (exact) mass is 277 g/mol. The summed E-state index contributed by atoms with van der Waals surface area (Å²) in [6, 6.07) is 7.65. The number of halogens is 1. The van der Waals surface area contributed by atoms with E-state index in [0.29, 0.717) is 12.0 Å². The zero-order valence-corrected chi connectivity index (χ0v) is 12.9. The van der Waals surface area contributed by atoms with E-state index in [1.54, 1.807) is 12.1 Å². The maximum atomic E-state index is 13.9. The van der Waals surface area contributed by atoms with Crippen LogP contribution in [0.2, 0.25) is 0 Å². The molecule has 0 aromatic heterocycles. The van der Waals surface area contributed by atoms with Crippen molar-refractivity contribution in [2.24, 2.45) is 11.8 Å². The lowest BCUT2D eigenvalue weighted by atomic mass is 9.72. The molecule has 0 bridgehead atoms. The van der Waals surface area contributed by atoms with Crippen molar-refractivity contribution in [1.29, 1.82) is 0 Å². The van der Waals surface area contributed by atoms with Gasteiger partial charge >= 0.3 is 0 Å². The Bertz CT molecular complexity index is 404. The summed E-state index contributed by atoms with van der Waals surface area (Å²) in [5, 5.41) is 3.63. The number of likely N-dealkylation sites (N-methyl/N-ethyl adjacent to an activating group) is 1. The Hall–Kier alpha value is -0.890. The lowest BCUT2D eigenvalue weighted by molar-refractivity contribution is 0.174. The zero-order valence-electron chi connectivity index (χ0n) is 12.9. The highest BCUT2D eigenvalue weighted by Crippen LogP contribution is 2.35. The number of hydrogen-bond acceptors (Lipinski definition) is 1. The number of hydrogen-bond donors (Lipinski definition) is 1. The van der Waals surface area contributed by atoms with Crippen molar-refractivity contribution in [2.75, 3.05) is 6.54 Å². The lowest BCUT2D eigenvalue weighted by Crippen LogP contribution is -2.42. The maximum absolute atomic E-state index is 13.9. The Balaban J connectivity index is 2.11. The summed E-state index contributed by atoms with van der Waals surface area (Å²) in [6.45, 7) is 5.42. The van der Waals surface area contributed by atoms with Crippen molar-refractivity contribution in [1.82, 2.24) is 5.32 Å². The van der Waals surface area contributed by atoms with Gasteiger partial charge in [0.2, 0.25) is 0 Å². The van der Waals surface area contributed by atoms with E-state index in [1.165, 1.54) is 32.1 Å². The van der Waals surface area contributed by atoms with Crippen LogP contribution in [0.15, 0.2) is 24.3 Å². The molecule has 2 rings (SSSR count). The number of rotatable bonds is 6. The van der Waals surface area contributed by atoms with E-state index in [1.807, 2.05) is 12.1 Å². The van der Waals surface area contributed by atoms with Gasteiger partial charge < -0.3 is 5.32 Å². The predicted octanol–water partition coefficient (Wildman–Crippen LogP) is 4.56. The molecular formula is C18H28FN. The first-order chi connectivity index (χ1) is 9.76. The summed E-state index contributed by atoms with van der Waals surface area (Å²) in [7, 11) is 0. The molecule has 0 heterocycles. The minimum Gasteiger partial charge on any atom is -0.314 e. The molecular weight excluding hydrogens is 249 g/mol. The van der Waals surface area contributed by atoms with Crippen molar-refractivity contribution in [3.63, 3.8) is 0 Å². The molecule has 0 radical (unpaired) electrons. The fourth-order valence-electron chi connectivity index (χ4n) is 3.81. The number of nitrogens with one attached hydrogen (secondary N) is 1. The Morgan fingerprint density at radius 3 is 2.65 bits per heavy atom. The van der Waals surface area contributed by atoms with Gasteiger partial charge in [0.05, 0.1) is 0 Å². The minimum atomic E-state index is -0.0562. The van der Waals surface area contributed by atoms with Crippen LogP contribution in [-0.4, -0.2) is 12.6 Å². The molecule has 0 saturated heterocycles. The molecule has 112 valence electrons. The van der Waals surface area contributed by atoms with Gasteiger partial charge in [0, 0.05) is 6.04 Å². The van der Waals surface area contributed by atoms with Gasteiger partial charge in [-0.15, -0.1) is 0 Å². The van der Waals surface area contributed by atoms with Crippen molar-refractivity contribution in [2.45, 2.75) is 58.4 Å². The quantitative estimate of drug-likeness (QED) is 0.803. The van der Waals surface area contributed by atoms with E-state index in [4.69, 9.17) is 0 Å². The molecule has 3 atom stereocenters. The van der Waals surface area contributed by atoms with Crippen LogP contribution < -0.4 is 5.32 Å². The van der Waals surface area contributed by atoms with E-state index in [9.17, 15) is 4.39 Å². The van der Waals surface area contributed by atoms with Crippen molar-refractivity contribution < 1.29 is 4.39 Å². The average molecular weight is 277 g/mol. The third-order valence-electron chi connectivity index (χ3n) is 4.87. The predicted molar refractivity (Wildman–Crippen MR) is 83.3 cm³/mol. The molecule has 1 aromatic carbocycles. The van der Waals surface area contributed by atoms with Gasteiger partial charge in [0.25, 0.3) is 0 Å². The summed E-state index contributed by atoms with van der Waals surface area (Å²) in [5.41, 5.74) is 0.860. The summed E-state index contributed by atoms with van der Waals surface area (Å²) in [4.78, 5) is 0. The molecule has 0 aliphatic heterocycles. The molecule has 1 aromatic rings. The van der Waals surface area contributed by atoms with Crippen LogP contribution in [0.25, 0.3) is 0 Å². The van der Waals surface area contributed by atoms with Gasteiger partial charge in [-0.2, -0.15) is 0 Å². The Labute approximate surface area is 123 Å². The standard InChI is InChI=1S/C18H28FN/c1-3-14-9-5-7-11-16(14)18(20-4-2)13-15-10-6-8-12-17(15)19/h6,8,10,12,14,16,18,20H,3-5,7,9,11,13H2,1-2H3. The molecule has 1 nitrogen and oxygen atoms in total. The molecule has 1 fully saturated rings. The Morgan fingerprint density at radius 2 is 1.95 bits per heavy atom. The van der Waals surface area contributed by atoms with E-state index >= 15 is 0 Å². The van der Waals surface area contributed by atoms with Gasteiger partial charge in [-0.3, -0.25) is 0 Å². The molecule has 0 spiro atoms. The Morgan fingerprint density at radius 1 is 1.20 bits per heavy atom.